The van der Waals surface area contributed by atoms with Gasteiger partial charge < -0.3 is 15.7 Å². The van der Waals surface area contributed by atoms with Crippen LogP contribution in [0.1, 0.15) is 94.8 Å². The van der Waals surface area contributed by atoms with Crippen molar-refractivity contribution in [2.24, 2.45) is 13.0 Å². The van der Waals surface area contributed by atoms with E-state index in [4.69, 9.17) is 11.6 Å². The molecule has 9 nitrogen and oxygen atoms in total. The van der Waals surface area contributed by atoms with Crippen LogP contribution in [0.4, 0.5) is 32.2 Å². The molecule has 2 aromatic heterocycles. The third kappa shape index (κ3) is 9.05. The van der Waals surface area contributed by atoms with Gasteiger partial charge in [0.05, 0.1) is 22.0 Å². The number of nitrogens with one attached hydrogen (secondary N) is 2. The van der Waals surface area contributed by atoms with Crippen molar-refractivity contribution in [3.8, 4) is 11.8 Å². The van der Waals surface area contributed by atoms with Crippen molar-refractivity contribution in [1.29, 1.82) is 0 Å². The Kier molecular flexibility index (Phi) is 12.8. The van der Waals surface area contributed by atoms with Crippen LogP contribution in [-0.4, -0.2) is 48.1 Å². The van der Waals surface area contributed by atoms with Crippen LogP contribution in [0, 0.1) is 29.4 Å². The lowest BCUT2D eigenvalue weighted by molar-refractivity contribution is -0.122. The van der Waals surface area contributed by atoms with Crippen LogP contribution < -0.4 is 10.6 Å². The molecular weight excluding hydrogens is 810 g/mol. The smallest absolute Gasteiger partial charge is 0.292 e. The zero-order valence-electron chi connectivity index (χ0n) is 33.9. The second kappa shape index (κ2) is 17.3. The van der Waals surface area contributed by atoms with Gasteiger partial charge in [0.15, 0.2) is 5.82 Å². The number of nitrogens with zero attached hydrogens (tertiary/aromatic N) is 4. The topological polar surface area (TPSA) is 114 Å². The molecule has 16 heteroatoms. The number of fused-ring (bicyclic) bond motifs is 2. The number of aromatic nitrogens is 4. The maximum Gasteiger partial charge on any atom is 0.292 e. The number of allylic oxidation sites excluding steroid dienone is 5. The Morgan fingerprint density at radius 1 is 1.07 bits per heavy atom. The molecule has 4 aromatic rings. The number of hydrogen-bond donors (Lipinski definition) is 3. The van der Waals surface area contributed by atoms with Crippen molar-refractivity contribution in [3.05, 3.63) is 104 Å². The molecule has 0 aliphatic heterocycles. The van der Waals surface area contributed by atoms with E-state index in [-0.39, 0.29) is 60.0 Å². The van der Waals surface area contributed by atoms with Crippen molar-refractivity contribution in [1.82, 2.24) is 24.9 Å². The number of rotatable bonds is 12. The van der Waals surface area contributed by atoms with Crippen LogP contribution in [0.15, 0.2) is 59.2 Å². The Morgan fingerprint density at radius 3 is 2.38 bits per heavy atom. The summed E-state index contributed by atoms with van der Waals surface area (Å²) in [6.45, 7) is 7.31. The molecule has 0 saturated carbocycles. The van der Waals surface area contributed by atoms with Gasteiger partial charge >= 0.3 is 0 Å². The van der Waals surface area contributed by atoms with Crippen LogP contribution in [0.5, 0.6) is 0 Å². The number of amides is 2. The molecule has 60 heavy (non-hydrogen) atoms. The fourth-order valence-electron chi connectivity index (χ4n) is 7.91. The Labute approximate surface area is 348 Å². The van der Waals surface area contributed by atoms with Crippen LogP contribution in [-0.2, 0) is 41.9 Å². The molecule has 0 fully saturated rings. The summed E-state index contributed by atoms with van der Waals surface area (Å²) in [4.78, 5) is 26.7. The summed E-state index contributed by atoms with van der Waals surface area (Å²) in [7, 11) is 1.66. The highest BCUT2D eigenvalue weighted by atomic mass is 35.5. The minimum atomic E-state index is -3.54. The van der Waals surface area contributed by atoms with Crippen molar-refractivity contribution in [3.63, 3.8) is 0 Å². The second-order valence-electron chi connectivity index (χ2n) is 15.5. The molecule has 0 spiro atoms. The van der Waals surface area contributed by atoms with E-state index >= 15 is 8.78 Å². The van der Waals surface area contributed by atoms with E-state index in [1.54, 1.807) is 38.3 Å². The Morgan fingerprint density at radius 2 is 1.77 bits per heavy atom. The quantitative estimate of drug-likeness (QED) is 0.0972. The van der Waals surface area contributed by atoms with Gasteiger partial charge in [-0.2, -0.15) is 19.0 Å². The summed E-state index contributed by atoms with van der Waals surface area (Å²) in [6, 6.07) is 5.15. The van der Waals surface area contributed by atoms with Gasteiger partial charge in [-0.15, -0.1) is 0 Å². The average Bonchev–Trinajstić information content (AvgIpc) is 3.73. The van der Waals surface area contributed by atoms with Crippen LogP contribution in [0.2, 0.25) is 5.02 Å². The first-order valence-corrected chi connectivity index (χ1v) is 20.0. The molecule has 318 valence electrons. The number of carbonyl (C=O) groups is 2. The van der Waals surface area contributed by atoms with Gasteiger partial charge in [0.2, 0.25) is 11.8 Å². The maximum atomic E-state index is 15.7. The standard InChI is InChI=1S/C44H45ClF6N6O3/c1-7-24-19-31(29(11-10-25(24)14-15-43(4,5)60)30-12-13-33(45)37-39(30)56(6)55-42(37)53-35(58)9-3)34(18-23-16-27(46)21-28(47)17-23)52-36(59)22-57-40-32(38(54-57)41(48)49)20-26(8-2)44(40,50)51/h10-13,16-17,21,26,34,41,60H,7-9,18-20,22H2,1-6H3,(H,52,59)(H,53,55,58). The minimum Gasteiger partial charge on any atom is -0.378 e. The number of anilines is 1. The van der Waals surface area contributed by atoms with E-state index in [2.05, 4.69) is 32.7 Å². The summed E-state index contributed by atoms with van der Waals surface area (Å²) >= 11 is 6.75. The lowest BCUT2D eigenvalue weighted by Crippen LogP contribution is -2.41. The monoisotopic (exact) mass is 854 g/mol. The van der Waals surface area contributed by atoms with Gasteiger partial charge in [0.25, 0.3) is 12.3 Å². The molecule has 0 saturated heterocycles. The van der Waals surface area contributed by atoms with Crippen molar-refractivity contribution < 1.29 is 41.0 Å². The number of aryl methyl sites for hydroxylation is 1. The molecule has 6 rings (SSSR count). The maximum absolute atomic E-state index is 15.7. The molecule has 2 atom stereocenters. The Balaban J connectivity index is 1.56. The highest BCUT2D eigenvalue weighted by Crippen LogP contribution is 2.50. The third-order valence-corrected chi connectivity index (χ3v) is 11.1. The fraction of sp³-hybridized carbons (Fsp3) is 0.409. The zero-order valence-corrected chi connectivity index (χ0v) is 34.7. The summed E-state index contributed by atoms with van der Waals surface area (Å²) < 4.78 is 91.4. The van der Waals surface area contributed by atoms with Crippen LogP contribution in [0.25, 0.3) is 16.5 Å². The van der Waals surface area contributed by atoms with E-state index in [1.807, 2.05) is 6.92 Å². The molecule has 0 bridgehead atoms. The SMILES string of the molecule is CCC(=O)Nc1nn(C)c2c(C3=C(C(Cc4cc(F)cc(F)c4)NC(=O)Cn4nc(C(F)F)c5c4C(F)(F)C(CC)C5)CC(CC)=C(C#CC(C)(C)O)C=C3)ccc(Cl)c12. The molecule has 2 aromatic carbocycles. The third-order valence-electron chi connectivity index (χ3n) is 10.8. The first-order valence-electron chi connectivity index (χ1n) is 19.6. The largest absolute Gasteiger partial charge is 0.378 e. The van der Waals surface area contributed by atoms with Gasteiger partial charge in [-0.05, 0) is 86.9 Å². The van der Waals surface area contributed by atoms with Crippen molar-refractivity contribution in [2.45, 2.75) is 104 Å². The highest BCUT2D eigenvalue weighted by molar-refractivity contribution is 6.37. The molecule has 2 aliphatic carbocycles. The molecule has 2 unspecified atom stereocenters. The molecule has 2 aliphatic rings. The lowest BCUT2D eigenvalue weighted by atomic mass is 9.86. The predicted molar refractivity (Wildman–Crippen MR) is 217 cm³/mol. The van der Waals surface area contributed by atoms with Crippen LogP contribution >= 0.6 is 11.6 Å². The van der Waals surface area contributed by atoms with E-state index in [9.17, 15) is 32.3 Å². The summed E-state index contributed by atoms with van der Waals surface area (Å²) in [5.41, 5.74) is 0.286. The number of alkyl halides is 4. The average molecular weight is 855 g/mol. The van der Waals surface area contributed by atoms with Gasteiger partial charge in [0.1, 0.15) is 35.2 Å². The number of halogens is 7. The minimum absolute atomic E-state index is 0.00378. The molecule has 0 radical (unpaired) electrons. The van der Waals surface area contributed by atoms with Gasteiger partial charge in [-0.1, -0.05) is 61.9 Å². The molecule has 2 amide bonds. The number of hydrogen-bond acceptors (Lipinski definition) is 5. The predicted octanol–water partition coefficient (Wildman–Crippen LogP) is 9.28. The summed E-state index contributed by atoms with van der Waals surface area (Å²) in [6.07, 6.45) is 0.521. The van der Waals surface area contributed by atoms with Gasteiger partial charge in [0, 0.05) is 42.2 Å². The van der Waals surface area contributed by atoms with Crippen molar-refractivity contribution in [2.75, 3.05) is 5.32 Å². The normalized spacial score (nSPS) is 16.9. The van der Waals surface area contributed by atoms with E-state index in [1.165, 1.54) is 25.5 Å². The highest BCUT2D eigenvalue weighted by Gasteiger charge is 2.52. The Bertz CT molecular complexity index is 2500. The van der Waals surface area contributed by atoms with E-state index in [0.717, 1.165) is 17.7 Å². The number of aliphatic hydroxyl groups is 1. The van der Waals surface area contributed by atoms with Crippen molar-refractivity contribution >= 4 is 45.7 Å². The first kappa shape index (κ1) is 44.2. The van der Waals surface area contributed by atoms with Gasteiger partial charge in [-0.3, -0.25) is 19.0 Å². The van der Waals surface area contributed by atoms with E-state index in [0.29, 0.717) is 50.4 Å². The number of benzene rings is 2. The Hall–Kier alpha value is -5.33. The molecule has 2 heterocycles. The zero-order chi connectivity index (χ0) is 43.8. The van der Waals surface area contributed by atoms with E-state index < -0.39 is 65.4 Å². The summed E-state index contributed by atoms with van der Waals surface area (Å²) in [5, 5.41) is 25.2. The fourth-order valence-corrected chi connectivity index (χ4v) is 8.15. The number of carbonyl (C=O) groups excluding carboxylic acids is 2. The lowest BCUT2D eigenvalue weighted by Gasteiger charge is -2.26. The second-order valence-corrected chi connectivity index (χ2v) is 15.9. The molecule has 3 N–H and O–H groups in total. The molecular formula is C44H45ClF6N6O3. The van der Waals surface area contributed by atoms with Gasteiger partial charge in [-0.25, -0.2) is 17.6 Å². The summed E-state index contributed by atoms with van der Waals surface area (Å²) in [5.74, 6) is -1.64. The van der Waals surface area contributed by atoms with Crippen LogP contribution in [0.3, 0.4) is 0 Å². The first-order chi connectivity index (χ1) is 28.3.